The van der Waals surface area contributed by atoms with Crippen LogP contribution in [0.3, 0.4) is 0 Å². The van der Waals surface area contributed by atoms with E-state index in [0.29, 0.717) is 4.88 Å². The van der Waals surface area contributed by atoms with Gasteiger partial charge in [0.1, 0.15) is 0 Å². The van der Waals surface area contributed by atoms with Gasteiger partial charge in [-0.2, -0.15) is 13.2 Å². The molecule has 0 aliphatic heterocycles. The fraction of sp³-hybridized carbons (Fsp3) is 0.0909. The molecular formula is C11H5ClF3S. The number of rotatable bonds is 1. The van der Waals surface area contributed by atoms with Crippen LogP contribution in [0.4, 0.5) is 13.2 Å². The van der Waals surface area contributed by atoms with Crippen LogP contribution in [-0.2, 0) is 6.18 Å². The van der Waals surface area contributed by atoms with Crippen LogP contribution in [-0.4, -0.2) is 0 Å². The molecule has 16 heavy (non-hydrogen) atoms. The fourth-order valence-electron chi connectivity index (χ4n) is 1.35. The summed E-state index contributed by atoms with van der Waals surface area (Å²) in [6.07, 6.45) is -4.40. The first-order valence-electron chi connectivity index (χ1n) is 4.31. The van der Waals surface area contributed by atoms with Crippen molar-refractivity contribution in [3.05, 3.63) is 46.3 Å². The second-order valence-corrected chi connectivity index (χ2v) is 4.42. The number of alkyl halides is 3. The summed E-state index contributed by atoms with van der Waals surface area (Å²) in [5.41, 5.74) is -0.570. The average Bonchev–Trinajstić information content (AvgIpc) is 2.69. The molecule has 0 amide bonds. The minimum Gasteiger partial charge on any atom is -0.166 e. The van der Waals surface area contributed by atoms with Crippen molar-refractivity contribution in [2.24, 2.45) is 0 Å². The Morgan fingerprint density at radius 1 is 1.19 bits per heavy atom. The Balaban J connectivity index is 2.62. The Bertz CT molecular complexity index is 488. The van der Waals surface area contributed by atoms with Gasteiger partial charge < -0.3 is 0 Å². The molecule has 0 nitrogen and oxygen atoms in total. The quantitative estimate of drug-likeness (QED) is 0.686. The summed E-state index contributed by atoms with van der Waals surface area (Å²) >= 11 is 6.72. The van der Waals surface area contributed by atoms with E-state index < -0.39 is 11.7 Å². The van der Waals surface area contributed by atoms with E-state index in [1.165, 1.54) is 12.1 Å². The predicted octanol–water partition coefficient (Wildman–Crippen LogP) is 4.89. The topological polar surface area (TPSA) is 0 Å². The molecule has 2 rings (SSSR count). The van der Waals surface area contributed by atoms with Crippen molar-refractivity contribution in [2.45, 2.75) is 6.18 Å². The third-order valence-corrected chi connectivity index (χ3v) is 3.09. The Labute approximate surface area is 99.3 Å². The third-order valence-electron chi connectivity index (χ3n) is 2.02. The van der Waals surface area contributed by atoms with Crippen LogP contribution in [0.25, 0.3) is 10.4 Å². The first-order valence-corrected chi connectivity index (χ1v) is 5.51. The second kappa shape index (κ2) is 4.11. The van der Waals surface area contributed by atoms with Crippen LogP contribution >= 0.6 is 22.9 Å². The second-order valence-electron chi connectivity index (χ2n) is 3.11. The first-order chi connectivity index (χ1) is 7.48. The molecule has 0 bridgehead atoms. The fourth-order valence-corrected chi connectivity index (χ4v) is 2.21. The monoisotopic (exact) mass is 261 g/mol. The van der Waals surface area contributed by atoms with Crippen molar-refractivity contribution in [1.82, 2.24) is 0 Å². The van der Waals surface area contributed by atoms with E-state index in [-0.39, 0.29) is 10.6 Å². The molecule has 83 valence electrons. The van der Waals surface area contributed by atoms with Gasteiger partial charge in [0.05, 0.1) is 5.56 Å². The van der Waals surface area contributed by atoms with Crippen LogP contribution in [0.1, 0.15) is 5.56 Å². The lowest BCUT2D eigenvalue weighted by Crippen LogP contribution is -2.06. The Kier molecular flexibility index (Phi) is 2.95. The SMILES string of the molecule is FC(F)(F)c1cc(Cl)ccc1-c1cc[c]s1. The van der Waals surface area contributed by atoms with E-state index in [9.17, 15) is 13.2 Å². The summed E-state index contributed by atoms with van der Waals surface area (Å²) in [7, 11) is 0. The minimum atomic E-state index is -4.40. The van der Waals surface area contributed by atoms with Crippen molar-refractivity contribution in [3.8, 4) is 10.4 Å². The molecule has 0 fully saturated rings. The van der Waals surface area contributed by atoms with Crippen molar-refractivity contribution in [3.63, 3.8) is 0 Å². The highest BCUT2D eigenvalue weighted by atomic mass is 35.5. The van der Waals surface area contributed by atoms with Gasteiger partial charge in [0.15, 0.2) is 0 Å². The molecule has 5 heteroatoms. The molecule has 0 saturated carbocycles. The highest BCUT2D eigenvalue weighted by Gasteiger charge is 2.34. The minimum absolute atomic E-state index is 0.0802. The molecule has 0 aliphatic carbocycles. The van der Waals surface area contributed by atoms with Gasteiger partial charge in [-0.3, -0.25) is 0 Å². The maximum atomic E-state index is 12.8. The van der Waals surface area contributed by atoms with Gasteiger partial charge in [-0.15, -0.1) is 11.3 Å². The van der Waals surface area contributed by atoms with Gasteiger partial charge in [0.25, 0.3) is 0 Å². The third kappa shape index (κ3) is 2.23. The Morgan fingerprint density at radius 3 is 2.50 bits per heavy atom. The zero-order valence-corrected chi connectivity index (χ0v) is 9.38. The normalized spacial score (nSPS) is 11.8. The molecule has 0 N–H and O–H groups in total. The maximum absolute atomic E-state index is 12.8. The largest absolute Gasteiger partial charge is 0.417 e. The Hall–Kier alpha value is -1.00. The molecule has 0 aliphatic rings. The summed E-state index contributed by atoms with van der Waals surface area (Å²) in [6.45, 7) is 0. The van der Waals surface area contributed by atoms with Crippen molar-refractivity contribution in [2.75, 3.05) is 0 Å². The number of hydrogen-bond acceptors (Lipinski definition) is 1. The van der Waals surface area contributed by atoms with Gasteiger partial charge in [0, 0.05) is 20.8 Å². The van der Waals surface area contributed by atoms with Gasteiger partial charge in [-0.1, -0.05) is 17.7 Å². The van der Waals surface area contributed by atoms with E-state index in [4.69, 9.17) is 11.6 Å². The molecule has 1 aromatic carbocycles. The first kappa shape index (κ1) is 11.5. The zero-order chi connectivity index (χ0) is 11.8. The lowest BCUT2D eigenvalue weighted by molar-refractivity contribution is -0.137. The van der Waals surface area contributed by atoms with Gasteiger partial charge in [-0.25, -0.2) is 0 Å². The Morgan fingerprint density at radius 2 is 1.94 bits per heavy atom. The van der Waals surface area contributed by atoms with E-state index >= 15 is 0 Å². The number of hydrogen-bond donors (Lipinski definition) is 0. The lowest BCUT2D eigenvalue weighted by Gasteiger charge is -2.11. The van der Waals surface area contributed by atoms with Crippen molar-refractivity contribution >= 4 is 22.9 Å². The average molecular weight is 262 g/mol. The maximum Gasteiger partial charge on any atom is 0.417 e. The highest BCUT2D eigenvalue weighted by Crippen LogP contribution is 2.39. The lowest BCUT2D eigenvalue weighted by atomic mass is 10.1. The predicted molar refractivity (Wildman–Crippen MR) is 58.6 cm³/mol. The summed E-state index contributed by atoms with van der Waals surface area (Å²) in [6, 6.07) is 6.96. The van der Waals surface area contributed by atoms with Crippen LogP contribution in [0, 0.1) is 5.38 Å². The van der Waals surface area contributed by atoms with Crippen molar-refractivity contribution < 1.29 is 13.2 Å². The summed E-state index contributed by atoms with van der Waals surface area (Å²) < 4.78 is 38.3. The van der Waals surface area contributed by atoms with E-state index in [0.717, 1.165) is 17.4 Å². The van der Waals surface area contributed by atoms with Crippen LogP contribution < -0.4 is 0 Å². The number of thiophene rings is 1. The standard InChI is InChI=1S/C11H5ClF3S/c12-7-3-4-8(10-2-1-5-16-10)9(6-7)11(13,14)15/h1-4,6H. The van der Waals surface area contributed by atoms with E-state index in [1.807, 2.05) is 0 Å². The summed E-state index contributed by atoms with van der Waals surface area (Å²) in [5.74, 6) is 0. The van der Waals surface area contributed by atoms with Gasteiger partial charge in [-0.05, 0) is 24.3 Å². The molecule has 0 atom stereocenters. The number of benzene rings is 1. The molecule has 1 aromatic heterocycles. The van der Waals surface area contributed by atoms with Crippen LogP contribution in [0.2, 0.25) is 5.02 Å². The van der Waals surface area contributed by atoms with Crippen LogP contribution in [0.5, 0.6) is 0 Å². The molecule has 1 radical (unpaired) electrons. The van der Waals surface area contributed by atoms with E-state index in [2.05, 4.69) is 5.38 Å². The smallest absolute Gasteiger partial charge is 0.166 e. The highest BCUT2D eigenvalue weighted by molar-refractivity contribution is 7.13. The summed E-state index contributed by atoms with van der Waals surface area (Å²) in [5, 5.41) is 2.84. The molecule has 0 unspecified atom stereocenters. The molecule has 2 aromatic rings. The summed E-state index contributed by atoms with van der Waals surface area (Å²) in [4.78, 5) is 0.531. The molecule has 0 spiro atoms. The van der Waals surface area contributed by atoms with Crippen molar-refractivity contribution in [1.29, 1.82) is 0 Å². The number of halogens is 4. The van der Waals surface area contributed by atoms with Crippen LogP contribution in [0.15, 0.2) is 30.3 Å². The van der Waals surface area contributed by atoms with Gasteiger partial charge >= 0.3 is 6.18 Å². The molecular weight excluding hydrogens is 257 g/mol. The molecule has 0 saturated heterocycles. The van der Waals surface area contributed by atoms with Gasteiger partial charge in [0.2, 0.25) is 0 Å². The zero-order valence-electron chi connectivity index (χ0n) is 7.81. The van der Waals surface area contributed by atoms with E-state index in [1.54, 1.807) is 12.1 Å². The molecule has 1 heterocycles.